The molecule has 1 aromatic carbocycles. The lowest BCUT2D eigenvalue weighted by Crippen LogP contribution is -2.33. The van der Waals surface area contributed by atoms with Gasteiger partial charge in [-0.05, 0) is 55.5 Å². The van der Waals surface area contributed by atoms with Crippen molar-refractivity contribution in [2.24, 2.45) is 5.92 Å². The second-order valence-corrected chi connectivity index (χ2v) is 8.18. The van der Waals surface area contributed by atoms with Crippen LogP contribution < -0.4 is 5.32 Å². The van der Waals surface area contributed by atoms with Gasteiger partial charge in [0.2, 0.25) is 0 Å². The molecule has 1 fully saturated rings. The Labute approximate surface area is 148 Å². The third-order valence-electron chi connectivity index (χ3n) is 4.59. The summed E-state index contributed by atoms with van der Waals surface area (Å²) in [5.74, 6) is 0.827. The largest absolute Gasteiger partial charge is 0.347 e. The molecular weight excluding hydrogens is 316 g/mol. The summed E-state index contributed by atoms with van der Waals surface area (Å²) in [6, 6.07) is 12.5. The van der Waals surface area contributed by atoms with Crippen LogP contribution in [-0.2, 0) is 13.1 Å². The number of thiophene rings is 1. The predicted octanol–water partition coefficient (Wildman–Crippen LogP) is 4.22. The average molecular weight is 343 g/mol. The van der Waals surface area contributed by atoms with Crippen LogP contribution in [0.2, 0.25) is 0 Å². The summed E-state index contributed by atoms with van der Waals surface area (Å²) < 4.78 is 0. The number of aryl methyl sites for hydroxylation is 1. The number of nitrogens with zero attached hydrogens (tertiary/aromatic N) is 1. The molecule has 1 saturated heterocycles. The summed E-state index contributed by atoms with van der Waals surface area (Å²) in [5.41, 5.74) is 2.50. The quantitative estimate of drug-likeness (QED) is 0.882. The summed E-state index contributed by atoms with van der Waals surface area (Å²) in [7, 11) is 0. The number of benzene rings is 1. The lowest BCUT2D eigenvalue weighted by atomic mass is 9.99. The first kappa shape index (κ1) is 17.2. The van der Waals surface area contributed by atoms with E-state index in [0.29, 0.717) is 6.54 Å². The third kappa shape index (κ3) is 4.68. The lowest BCUT2D eigenvalue weighted by molar-refractivity contribution is 0.0955. The van der Waals surface area contributed by atoms with Crippen molar-refractivity contribution < 1.29 is 4.79 Å². The van der Waals surface area contributed by atoms with E-state index >= 15 is 0 Å². The van der Waals surface area contributed by atoms with E-state index in [9.17, 15) is 4.79 Å². The van der Waals surface area contributed by atoms with Crippen molar-refractivity contribution in [3.05, 3.63) is 57.3 Å². The van der Waals surface area contributed by atoms with Crippen LogP contribution in [0.25, 0.3) is 0 Å². The first-order chi connectivity index (χ1) is 11.6. The molecule has 0 bridgehead atoms. The Hall–Kier alpha value is -1.65. The highest BCUT2D eigenvalue weighted by Gasteiger charge is 2.16. The van der Waals surface area contributed by atoms with Crippen LogP contribution in [0.4, 0.5) is 0 Å². The second-order valence-electron chi connectivity index (χ2n) is 6.89. The van der Waals surface area contributed by atoms with Crippen LogP contribution in [0, 0.1) is 12.8 Å². The third-order valence-corrected chi connectivity index (χ3v) is 5.59. The molecular formula is C20H26N2OS. The van der Waals surface area contributed by atoms with E-state index in [4.69, 9.17) is 0 Å². The van der Waals surface area contributed by atoms with Crippen LogP contribution in [0.3, 0.4) is 0 Å². The Bertz CT molecular complexity index is 677. The van der Waals surface area contributed by atoms with E-state index in [1.807, 2.05) is 19.1 Å². The van der Waals surface area contributed by atoms with Gasteiger partial charge in [-0.15, -0.1) is 11.3 Å². The molecule has 24 heavy (non-hydrogen) atoms. The number of carbonyl (C=O) groups is 1. The number of amides is 1. The van der Waals surface area contributed by atoms with Crippen molar-refractivity contribution in [1.82, 2.24) is 10.2 Å². The van der Waals surface area contributed by atoms with Crippen molar-refractivity contribution in [2.45, 2.75) is 39.8 Å². The van der Waals surface area contributed by atoms with Crippen LogP contribution in [0.5, 0.6) is 0 Å². The highest BCUT2D eigenvalue weighted by atomic mass is 32.1. The molecule has 0 saturated carbocycles. The maximum Gasteiger partial charge on any atom is 0.261 e. The van der Waals surface area contributed by atoms with Gasteiger partial charge in [0.05, 0.1) is 4.88 Å². The Morgan fingerprint density at radius 2 is 1.96 bits per heavy atom. The summed E-state index contributed by atoms with van der Waals surface area (Å²) in [4.78, 5) is 16.6. The fourth-order valence-corrected chi connectivity index (χ4v) is 4.06. The summed E-state index contributed by atoms with van der Waals surface area (Å²) in [5, 5.41) is 3.00. The Kier molecular flexibility index (Phi) is 5.69. The Morgan fingerprint density at radius 1 is 1.21 bits per heavy atom. The van der Waals surface area contributed by atoms with Crippen molar-refractivity contribution in [2.75, 3.05) is 13.1 Å². The van der Waals surface area contributed by atoms with E-state index in [-0.39, 0.29) is 5.91 Å². The molecule has 4 heteroatoms. The summed E-state index contributed by atoms with van der Waals surface area (Å²) in [6.45, 7) is 8.39. The van der Waals surface area contributed by atoms with Crippen LogP contribution in [0.15, 0.2) is 36.4 Å². The van der Waals surface area contributed by atoms with Crippen LogP contribution >= 0.6 is 11.3 Å². The zero-order valence-corrected chi connectivity index (χ0v) is 15.4. The van der Waals surface area contributed by atoms with Gasteiger partial charge < -0.3 is 5.32 Å². The Morgan fingerprint density at radius 3 is 2.62 bits per heavy atom. The minimum Gasteiger partial charge on any atom is -0.347 e. The van der Waals surface area contributed by atoms with Gasteiger partial charge in [-0.1, -0.05) is 31.2 Å². The molecule has 2 heterocycles. The molecule has 128 valence electrons. The molecule has 0 radical (unpaired) electrons. The normalized spacial score (nSPS) is 18.5. The van der Waals surface area contributed by atoms with Gasteiger partial charge in [-0.25, -0.2) is 0 Å². The molecule has 1 aliphatic rings. The molecule has 1 unspecified atom stereocenters. The second kappa shape index (κ2) is 7.95. The Balaban J connectivity index is 1.50. The van der Waals surface area contributed by atoms with Crippen molar-refractivity contribution >= 4 is 17.2 Å². The highest BCUT2D eigenvalue weighted by molar-refractivity contribution is 7.13. The fraction of sp³-hybridized carbons (Fsp3) is 0.450. The van der Waals surface area contributed by atoms with Gasteiger partial charge in [-0.2, -0.15) is 0 Å². The predicted molar refractivity (Wildman–Crippen MR) is 100 cm³/mol. The molecule has 1 aliphatic heterocycles. The highest BCUT2D eigenvalue weighted by Crippen LogP contribution is 2.18. The topological polar surface area (TPSA) is 32.3 Å². The van der Waals surface area contributed by atoms with Crippen molar-refractivity contribution in [3.8, 4) is 0 Å². The van der Waals surface area contributed by atoms with Gasteiger partial charge in [0.25, 0.3) is 5.91 Å². The fourth-order valence-electron chi connectivity index (χ4n) is 3.28. The van der Waals surface area contributed by atoms with E-state index in [1.165, 1.54) is 42.8 Å². The number of hydrogen-bond acceptors (Lipinski definition) is 3. The maximum absolute atomic E-state index is 12.1. The van der Waals surface area contributed by atoms with Gasteiger partial charge in [0.1, 0.15) is 0 Å². The number of hydrogen-bond donors (Lipinski definition) is 1. The molecule has 1 N–H and O–H groups in total. The first-order valence-corrected chi connectivity index (χ1v) is 9.56. The zero-order chi connectivity index (χ0) is 16.9. The van der Waals surface area contributed by atoms with Gasteiger partial charge in [-0.3, -0.25) is 9.69 Å². The first-order valence-electron chi connectivity index (χ1n) is 8.75. The van der Waals surface area contributed by atoms with Gasteiger partial charge in [0.15, 0.2) is 0 Å². The van der Waals surface area contributed by atoms with Gasteiger partial charge >= 0.3 is 0 Å². The molecule has 1 aromatic heterocycles. The maximum atomic E-state index is 12.1. The number of piperidine rings is 1. The van der Waals surface area contributed by atoms with E-state index in [2.05, 4.69) is 41.4 Å². The molecule has 1 amide bonds. The monoisotopic (exact) mass is 342 g/mol. The summed E-state index contributed by atoms with van der Waals surface area (Å²) >= 11 is 1.54. The minimum atomic E-state index is 0.0134. The number of likely N-dealkylation sites (tertiary alicyclic amines) is 1. The van der Waals surface area contributed by atoms with Crippen molar-refractivity contribution in [3.63, 3.8) is 0 Å². The SMILES string of the molecule is Cc1ccc(C(=O)NCc2ccc(CN3CCCC(C)C3)cc2)s1. The lowest BCUT2D eigenvalue weighted by Gasteiger charge is -2.30. The van der Waals surface area contributed by atoms with E-state index in [0.717, 1.165) is 27.8 Å². The molecule has 2 aromatic rings. The number of rotatable bonds is 5. The molecule has 1 atom stereocenters. The van der Waals surface area contributed by atoms with Crippen LogP contribution in [-0.4, -0.2) is 23.9 Å². The average Bonchev–Trinajstić information content (AvgIpc) is 3.01. The smallest absolute Gasteiger partial charge is 0.261 e. The number of carbonyl (C=O) groups excluding carboxylic acids is 1. The van der Waals surface area contributed by atoms with Crippen LogP contribution in [0.1, 0.15) is 45.4 Å². The molecule has 3 nitrogen and oxygen atoms in total. The molecule has 0 aliphatic carbocycles. The minimum absolute atomic E-state index is 0.0134. The molecule has 0 spiro atoms. The summed E-state index contributed by atoms with van der Waals surface area (Å²) in [6.07, 6.45) is 2.67. The number of nitrogens with one attached hydrogen (secondary N) is 1. The molecule has 3 rings (SSSR count). The van der Waals surface area contributed by atoms with Gasteiger partial charge in [0, 0.05) is 24.5 Å². The van der Waals surface area contributed by atoms with E-state index in [1.54, 1.807) is 0 Å². The zero-order valence-electron chi connectivity index (χ0n) is 14.5. The standard InChI is InChI=1S/C20H26N2OS/c1-15-4-3-11-22(13-15)14-18-8-6-17(7-9-18)12-21-20(23)19-10-5-16(2)24-19/h5-10,15H,3-4,11-14H2,1-2H3,(H,21,23). The van der Waals surface area contributed by atoms with Crippen molar-refractivity contribution in [1.29, 1.82) is 0 Å². The van der Waals surface area contributed by atoms with E-state index < -0.39 is 0 Å².